The van der Waals surface area contributed by atoms with Crippen molar-refractivity contribution in [2.24, 2.45) is 0 Å². The summed E-state index contributed by atoms with van der Waals surface area (Å²) in [6, 6.07) is 14.7. The Balaban J connectivity index is 1.33. The standard InChI is InChI=1S/C21H18N4O4/c1-13-5-4-6-14(11-13)21-25-24-18(29-21)12-28-19(26)10-9-17-22-16-8-3-2-7-15(16)20(27)23-17/h2-8,11H,9-10,12H2,1H3,(H,22,23,27). The summed E-state index contributed by atoms with van der Waals surface area (Å²) in [4.78, 5) is 31.1. The maximum absolute atomic E-state index is 12.1. The lowest BCUT2D eigenvalue weighted by atomic mass is 10.1. The number of fused-ring (bicyclic) bond motifs is 1. The molecule has 0 atom stereocenters. The van der Waals surface area contributed by atoms with Crippen LogP contribution in [0.4, 0.5) is 0 Å². The number of hydrogen-bond donors (Lipinski definition) is 1. The van der Waals surface area contributed by atoms with Crippen LogP contribution in [0.3, 0.4) is 0 Å². The highest BCUT2D eigenvalue weighted by atomic mass is 16.5. The van der Waals surface area contributed by atoms with Crippen LogP contribution < -0.4 is 5.56 Å². The second-order valence-electron chi connectivity index (χ2n) is 6.56. The topological polar surface area (TPSA) is 111 Å². The van der Waals surface area contributed by atoms with Crippen molar-refractivity contribution in [3.8, 4) is 11.5 Å². The molecule has 2 aromatic heterocycles. The SMILES string of the molecule is Cc1cccc(-c2nnc(COC(=O)CCc3nc4ccccc4c(=O)[nH]3)o2)c1. The molecule has 4 rings (SSSR count). The summed E-state index contributed by atoms with van der Waals surface area (Å²) in [5.74, 6) is 0.575. The second kappa shape index (κ2) is 8.05. The number of para-hydroxylation sites is 1. The van der Waals surface area contributed by atoms with Crippen LogP contribution in [0.5, 0.6) is 0 Å². The summed E-state index contributed by atoms with van der Waals surface area (Å²) in [5, 5.41) is 8.40. The third-order valence-corrected chi connectivity index (χ3v) is 4.32. The molecule has 4 aromatic rings. The number of aryl methyl sites for hydroxylation is 2. The van der Waals surface area contributed by atoms with Gasteiger partial charge in [-0.1, -0.05) is 29.8 Å². The highest BCUT2D eigenvalue weighted by Crippen LogP contribution is 2.19. The van der Waals surface area contributed by atoms with Gasteiger partial charge >= 0.3 is 5.97 Å². The Labute approximate surface area is 165 Å². The zero-order valence-electron chi connectivity index (χ0n) is 15.7. The number of carbonyl (C=O) groups is 1. The molecule has 146 valence electrons. The molecule has 0 aliphatic rings. The molecule has 29 heavy (non-hydrogen) atoms. The fraction of sp³-hybridized carbons (Fsp3) is 0.190. The normalized spacial score (nSPS) is 10.9. The number of nitrogens with one attached hydrogen (secondary N) is 1. The summed E-state index contributed by atoms with van der Waals surface area (Å²) in [6.45, 7) is 1.86. The van der Waals surface area contributed by atoms with Gasteiger partial charge in [0.1, 0.15) is 5.82 Å². The fourth-order valence-electron chi connectivity index (χ4n) is 2.89. The van der Waals surface area contributed by atoms with E-state index in [-0.39, 0.29) is 30.9 Å². The Morgan fingerprint density at radius 2 is 2.00 bits per heavy atom. The molecule has 0 spiro atoms. The van der Waals surface area contributed by atoms with Crippen LogP contribution in [0, 0.1) is 6.92 Å². The lowest BCUT2D eigenvalue weighted by Crippen LogP contribution is -2.14. The van der Waals surface area contributed by atoms with Crippen molar-refractivity contribution in [3.05, 3.63) is 76.2 Å². The summed E-state index contributed by atoms with van der Waals surface area (Å²) < 4.78 is 10.7. The first-order chi connectivity index (χ1) is 14.1. The molecule has 0 amide bonds. The number of rotatable bonds is 6. The second-order valence-corrected chi connectivity index (χ2v) is 6.56. The van der Waals surface area contributed by atoms with Crippen LogP contribution in [-0.2, 0) is 22.6 Å². The van der Waals surface area contributed by atoms with Gasteiger partial charge in [-0.05, 0) is 31.2 Å². The third kappa shape index (κ3) is 4.37. The molecule has 2 aromatic carbocycles. The Kier molecular flexibility index (Phi) is 5.15. The number of hydrogen-bond acceptors (Lipinski definition) is 7. The Bertz CT molecular complexity index is 1230. The maximum Gasteiger partial charge on any atom is 0.306 e. The van der Waals surface area contributed by atoms with E-state index in [9.17, 15) is 9.59 Å². The lowest BCUT2D eigenvalue weighted by molar-refractivity contribution is -0.145. The van der Waals surface area contributed by atoms with E-state index in [1.54, 1.807) is 18.2 Å². The van der Waals surface area contributed by atoms with Gasteiger partial charge in [0, 0.05) is 12.0 Å². The van der Waals surface area contributed by atoms with Crippen molar-refractivity contribution in [1.82, 2.24) is 20.2 Å². The Hall–Kier alpha value is -3.81. The number of H-pyrrole nitrogens is 1. The molecule has 0 saturated heterocycles. The quantitative estimate of drug-likeness (QED) is 0.504. The number of aromatic amines is 1. The minimum atomic E-state index is -0.448. The predicted molar refractivity (Wildman–Crippen MR) is 105 cm³/mol. The van der Waals surface area contributed by atoms with E-state index in [0.29, 0.717) is 22.6 Å². The fourth-order valence-corrected chi connectivity index (χ4v) is 2.89. The molecular weight excluding hydrogens is 372 g/mol. The van der Waals surface area contributed by atoms with Crippen LogP contribution in [-0.4, -0.2) is 26.1 Å². The molecule has 0 bridgehead atoms. The minimum absolute atomic E-state index is 0.0696. The first-order valence-corrected chi connectivity index (χ1v) is 9.11. The molecule has 8 heteroatoms. The molecule has 1 N–H and O–H groups in total. The van der Waals surface area contributed by atoms with E-state index in [2.05, 4.69) is 20.2 Å². The molecule has 0 aliphatic heterocycles. The number of aromatic nitrogens is 4. The van der Waals surface area contributed by atoms with Gasteiger partial charge in [0.05, 0.1) is 17.3 Å². The van der Waals surface area contributed by atoms with Gasteiger partial charge in [0.25, 0.3) is 11.4 Å². The van der Waals surface area contributed by atoms with Crippen LogP contribution in [0.15, 0.2) is 57.7 Å². The number of esters is 1. The monoisotopic (exact) mass is 390 g/mol. The average Bonchev–Trinajstić information content (AvgIpc) is 3.20. The van der Waals surface area contributed by atoms with Gasteiger partial charge in [0.15, 0.2) is 6.61 Å². The summed E-state index contributed by atoms with van der Waals surface area (Å²) in [6.07, 6.45) is 0.331. The van der Waals surface area contributed by atoms with Crippen LogP contribution in [0.25, 0.3) is 22.4 Å². The first kappa shape index (κ1) is 18.5. The van der Waals surface area contributed by atoms with Gasteiger partial charge in [-0.25, -0.2) is 4.98 Å². The molecular formula is C21H18N4O4. The molecule has 0 unspecified atom stereocenters. The van der Waals surface area contributed by atoms with Crippen molar-refractivity contribution in [3.63, 3.8) is 0 Å². The largest absolute Gasteiger partial charge is 0.456 e. The van der Waals surface area contributed by atoms with Gasteiger partial charge in [-0.3, -0.25) is 9.59 Å². The summed E-state index contributed by atoms with van der Waals surface area (Å²) in [7, 11) is 0. The van der Waals surface area contributed by atoms with Gasteiger partial charge < -0.3 is 14.1 Å². The van der Waals surface area contributed by atoms with E-state index in [4.69, 9.17) is 9.15 Å². The molecule has 2 heterocycles. The van der Waals surface area contributed by atoms with Crippen molar-refractivity contribution >= 4 is 16.9 Å². The van der Waals surface area contributed by atoms with Gasteiger partial charge in [-0.15, -0.1) is 10.2 Å². The van der Waals surface area contributed by atoms with Crippen molar-refractivity contribution in [2.75, 3.05) is 0 Å². The summed E-state index contributed by atoms with van der Waals surface area (Å²) >= 11 is 0. The average molecular weight is 390 g/mol. The third-order valence-electron chi connectivity index (χ3n) is 4.32. The van der Waals surface area contributed by atoms with Crippen molar-refractivity contribution < 1.29 is 13.9 Å². The number of benzene rings is 2. The number of ether oxygens (including phenoxy) is 1. The van der Waals surface area contributed by atoms with E-state index in [1.165, 1.54) is 0 Å². The highest BCUT2D eigenvalue weighted by Gasteiger charge is 2.12. The molecule has 8 nitrogen and oxygen atoms in total. The summed E-state index contributed by atoms with van der Waals surface area (Å²) in [5.41, 5.74) is 2.25. The zero-order chi connectivity index (χ0) is 20.2. The molecule has 0 fully saturated rings. The lowest BCUT2D eigenvalue weighted by Gasteiger charge is -2.03. The van der Waals surface area contributed by atoms with Crippen LogP contribution in [0.1, 0.15) is 23.7 Å². The smallest absolute Gasteiger partial charge is 0.306 e. The Morgan fingerprint density at radius 3 is 2.86 bits per heavy atom. The predicted octanol–water partition coefficient (Wildman–Crippen LogP) is 2.96. The van der Waals surface area contributed by atoms with Crippen LogP contribution in [0.2, 0.25) is 0 Å². The van der Waals surface area contributed by atoms with E-state index >= 15 is 0 Å². The number of carbonyl (C=O) groups excluding carboxylic acids is 1. The van der Waals surface area contributed by atoms with Crippen molar-refractivity contribution in [1.29, 1.82) is 0 Å². The highest BCUT2D eigenvalue weighted by molar-refractivity contribution is 5.77. The zero-order valence-corrected chi connectivity index (χ0v) is 15.7. The van der Waals surface area contributed by atoms with E-state index < -0.39 is 5.97 Å². The van der Waals surface area contributed by atoms with Crippen molar-refractivity contribution in [2.45, 2.75) is 26.4 Å². The molecule has 0 radical (unpaired) electrons. The minimum Gasteiger partial charge on any atom is -0.456 e. The van der Waals surface area contributed by atoms with Gasteiger partial charge in [-0.2, -0.15) is 0 Å². The Morgan fingerprint density at radius 1 is 1.14 bits per heavy atom. The number of nitrogens with zero attached hydrogens (tertiary/aromatic N) is 3. The molecule has 0 aliphatic carbocycles. The molecule has 0 saturated carbocycles. The maximum atomic E-state index is 12.1. The van der Waals surface area contributed by atoms with E-state index in [1.807, 2.05) is 37.3 Å². The van der Waals surface area contributed by atoms with E-state index in [0.717, 1.165) is 11.1 Å². The first-order valence-electron chi connectivity index (χ1n) is 9.11. The van der Waals surface area contributed by atoms with Gasteiger partial charge in [0.2, 0.25) is 5.89 Å². The van der Waals surface area contributed by atoms with Crippen LogP contribution >= 0.6 is 0 Å².